The van der Waals surface area contributed by atoms with Crippen LogP contribution in [0.1, 0.15) is 0 Å². The Labute approximate surface area is 198 Å². The van der Waals surface area contributed by atoms with Crippen molar-refractivity contribution in [1.82, 2.24) is 14.4 Å². The number of hydrogen-bond acceptors (Lipinski definition) is 4. The molecule has 0 saturated heterocycles. The van der Waals surface area contributed by atoms with Gasteiger partial charge in [-0.25, -0.2) is 4.98 Å². The van der Waals surface area contributed by atoms with Gasteiger partial charge in [-0.05, 0) is 29.8 Å². The molecule has 158 valence electrons. The number of para-hydroxylation sites is 1. The number of ether oxygens (including phenoxy) is 1. The molecule has 0 bridgehead atoms. The molecule has 3 heterocycles. The molecule has 32 heavy (non-hydrogen) atoms. The molecule has 6 aromatic rings. The summed E-state index contributed by atoms with van der Waals surface area (Å²) < 4.78 is 7.85. The molecule has 0 saturated carbocycles. The van der Waals surface area contributed by atoms with E-state index in [-0.39, 0.29) is 26.8 Å². The molecule has 0 aliphatic carbocycles. The number of imidazole rings is 1. The summed E-state index contributed by atoms with van der Waals surface area (Å²) in [5, 5.41) is 13.4. The van der Waals surface area contributed by atoms with Gasteiger partial charge in [0.2, 0.25) is 5.88 Å². The molecule has 0 radical (unpaired) electrons. The standard InChI is InChI=1S/C26H16N3O2.Pt/c30-23-12-6-10-20-19-9-1-2-11-22(19)29-16-21(28-26(29)25(20)23)17-7-5-8-18(15-17)31-24-13-3-4-14-27-24;/h1-14,16,30H;/q-1;. The maximum atomic E-state index is 10.6. The van der Waals surface area contributed by atoms with Gasteiger partial charge in [-0.1, -0.05) is 42.5 Å². The largest absolute Gasteiger partial charge is 0.507 e. The van der Waals surface area contributed by atoms with Crippen LogP contribution in [0, 0.1) is 6.07 Å². The zero-order valence-electron chi connectivity index (χ0n) is 16.7. The summed E-state index contributed by atoms with van der Waals surface area (Å²) in [4.78, 5) is 9.07. The molecule has 0 aliphatic rings. The first-order valence-corrected chi connectivity index (χ1v) is 9.91. The Morgan fingerprint density at radius 2 is 1.66 bits per heavy atom. The van der Waals surface area contributed by atoms with Crippen LogP contribution in [0.5, 0.6) is 17.4 Å². The SMILES string of the molecule is Oc1cccc2c3ccccc3n3cc(-c4[c-]c(Oc5ccccn5)ccc4)nc3c12.[Pt]. The van der Waals surface area contributed by atoms with Gasteiger partial charge in [0.15, 0.2) is 0 Å². The van der Waals surface area contributed by atoms with Gasteiger partial charge < -0.3 is 14.2 Å². The average Bonchev–Trinajstić information content (AvgIpc) is 3.26. The summed E-state index contributed by atoms with van der Waals surface area (Å²) in [6.07, 6.45) is 3.66. The van der Waals surface area contributed by atoms with Gasteiger partial charge in [0.1, 0.15) is 11.4 Å². The van der Waals surface area contributed by atoms with Gasteiger partial charge in [0, 0.05) is 50.2 Å². The molecule has 3 aromatic heterocycles. The van der Waals surface area contributed by atoms with E-state index < -0.39 is 0 Å². The number of aromatic hydroxyl groups is 1. The van der Waals surface area contributed by atoms with Crippen molar-refractivity contribution in [1.29, 1.82) is 0 Å². The number of hydrogen-bond donors (Lipinski definition) is 1. The van der Waals surface area contributed by atoms with Crippen molar-refractivity contribution < 1.29 is 30.9 Å². The minimum Gasteiger partial charge on any atom is -0.507 e. The van der Waals surface area contributed by atoms with Crippen molar-refractivity contribution in [2.75, 3.05) is 0 Å². The van der Waals surface area contributed by atoms with E-state index in [9.17, 15) is 5.11 Å². The maximum absolute atomic E-state index is 10.6. The van der Waals surface area contributed by atoms with Crippen molar-refractivity contribution >= 4 is 27.3 Å². The van der Waals surface area contributed by atoms with Gasteiger partial charge in [0.05, 0.1) is 10.9 Å². The van der Waals surface area contributed by atoms with Crippen LogP contribution < -0.4 is 4.74 Å². The van der Waals surface area contributed by atoms with Crippen LogP contribution >= 0.6 is 0 Å². The molecule has 5 nitrogen and oxygen atoms in total. The van der Waals surface area contributed by atoms with E-state index in [4.69, 9.17) is 9.72 Å². The number of phenols is 1. The van der Waals surface area contributed by atoms with Gasteiger partial charge in [-0.15, -0.1) is 23.8 Å². The fourth-order valence-corrected chi connectivity index (χ4v) is 3.96. The second kappa shape index (κ2) is 8.10. The Kier molecular flexibility index (Phi) is 5.12. The first-order chi connectivity index (χ1) is 15.3. The molecule has 1 N–H and O–H groups in total. The first kappa shape index (κ1) is 20.2. The Hall–Kier alpha value is -3.69. The molecular weight excluding hydrogens is 581 g/mol. The van der Waals surface area contributed by atoms with Crippen molar-refractivity contribution in [2.24, 2.45) is 0 Å². The number of benzene rings is 3. The second-order valence-electron chi connectivity index (χ2n) is 7.24. The van der Waals surface area contributed by atoms with E-state index in [0.29, 0.717) is 17.3 Å². The molecule has 0 unspecified atom stereocenters. The molecule has 0 amide bonds. The predicted octanol–water partition coefficient (Wildman–Crippen LogP) is 6.00. The Morgan fingerprint density at radius 1 is 0.844 bits per heavy atom. The molecule has 3 aromatic carbocycles. The van der Waals surface area contributed by atoms with Gasteiger partial charge >= 0.3 is 0 Å². The van der Waals surface area contributed by atoms with Gasteiger partial charge in [-0.2, -0.15) is 0 Å². The molecular formula is C26H16N3O2Pt-. The third kappa shape index (κ3) is 3.31. The second-order valence-corrected chi connectivity index (χ2v) is 7.24. The van der Waals surface area contributed by atoms with Crippen LogP contribution in [-0.2, 0) is 21.1 Å². The number of fused-ring (bicyclic) bond motifs is 6. The van der Waals surface area contributed by atoms with Crippen molar-refractivity contribution in [3.63, 3.8) is 0 Å². The molecule has 0 atom stereocenters. The average molecular weight is 598 g/mol. The van der Waals surface area contributed by atoms with Crippen molar-refractivity contribution in [3.05, 3.63) is 97.3 Å². The minimum absolute atomic E-state index is 0. The summed E-state index contributed by atoms with van der Waals surface area (Å²) in [6, 6.07) is 28.2. The number of nitrogens with zero attached hydrogens (tertiary/aromatic N) is 3. The van der Waals surface area contributed by atoms with E-state index >= 15 is 0 Å². The number of aromatic nitrogens is 3. The summed E-state index contributed by atoms with van der Waals surface area (Å²) in [5.41, 5.74) is 3.26. The van der Waals surface area contributed by atoms with Crippen LogP contribution in [0.2, 0.25) is 0 Å². The Balaban J connectivity index is 0.00000216. The summed E-state index contributed by atoms with van der Waals surface area (Å²) in [7, 11) is 0. The summed E-state index contributed by atoms with van der Waals surface area (Å²) >= 11 is 0. The normalized spacial score (nSPS) is 11.0. The first-order valence-electron chi connectivity index (χ1n) is 9.91. The van der Waals surface area contributed by atoms with E-state index in [1.165, 1.54) is 0 Å². The smallest absolute Gasteiger partial charge is 0.217 e. The zero-order valence-corrected chi connectivity index (χ0v) is 18.9. The van der Waals surface area contributed by atoms with Crippen LogP contribution in [0.15, 0.2) is 91.3 Å². The number of phenolic OH excluding ortho intramolecular Hbond substituents is 1. The Morgan fingerprint density at radius 3 is 2.53 bits per heavy atom. The minimum atomic E-state index is 0. The Bertz CT molecular complexity index is 1580. The van der Waals surface area contributed by atoms with Crippen LogP contribution in [0.4, 0.5) is 0 Å². The van der Waals surface area contributed by atoms with Gasteiger partial charge in [0.25, 0.3) is 0 Å². The monoisotopic (exact) mass is 597 g/mol. The fourth-order valence-electron chi connectivity index (χ4n) is 3.96. The molecule has 0 aliphatic heterocycles. The van der Waals surface area contributed by atoms with Crippen LogP contribution in [-0.4, -0.2) is 19.5 Å². The van der Waals surface area contributed by atoms with Crippen molar-refractivity contribution in [3.8, 4) is 28.6 Å². The van der Waals surface area contributed by atoms with Gasteiger partial charge in [-0.3, -0.25) is 4.98 Å². The predicted molar refractivity (Wildman–Crippen MR) is 120 cm³/mol. The summed E-state index contributed by atoms with van der Waals surface area (Å²) in [5.74, 6) is 1.28. The molecule has 0 fully saturated rings. The molecule has 6 rings (SSSR count). The summed E-state index contributed by atoms with van der Waals surface area (Å²) in [6.45, 7) is 0. The van der Waals surface area contributed by atoms with E-state index in [2.05, 4.69) is 23.2 Å². The van der Waals surface area contributed by atoms with Crippen LogP contribution in [0.25, 0.3) is 38.6 Å². The quantitative estimate of drug-likeness (QED) is 0.201. The van der Waals surface area contributed by atoms with Crippen molar-refractivity contribution in [2.45, 2.75) is 0 Å². The van der Waals surface area contributed by atoms with E-state index in [0.717, 1.165) is 32.9 Å². The topological polar surface area (TPSA) is 59.7 Å². The zero-order chi connectivity index (χ0) is 20.8. The number of pyridine rings is 2. The fraction of sp³-hybridized carbons (Fsp3) is 0. The van der Waals surface area contributed by atoms with E-state index in [1.54, 1.807) is 18.3 Å². The molecule has 0 spiro atoms. The maximum Gasteiger partial charge on any atom is 0.217 e. The molecule has 6 heteroatoms. The van der Waals surface area contributed by atoms with Crippen LogP contribution in [0.3, 0.4) is 0 Å². The third-order valence-corrected chi connectivity index (χ3v) is 5.32. The third-order valence-electron chi connectivity index (χ3n) is 5.32. The number of rotatable bonds is 3. The van der Waals surface area contributed by atoms with E-state index in [1.807, 2.05) is 65.2 Å².